The molecular weight excluding hydrogens is 788 g/mol. The molecule has 3 amide bonds. The molecule has 2 atom stereocenters. The number of carbonyl (C=O) groups excluding carboxylic acids is 3. The number of carbonyl (C=O) groups is 3. The quantitative estimate of drug-likeness (QED) is 0.0938. The van der Waals surface area contributed by atoms with Crippen LogP contribution in [0.1, 0.15) is 60.0 Å². The minimum absolute atomic E-state index is 0.0270. The molecule has 0 radical (unpaired) electrons. The van der Waals surface area contributed by atoms with Crippen molar-refractivity contribution in [1.29, 1.82) is 0 Å². The molecule has 2 saturated heterocycles. The van der Waals surface area contributed by atoms with Crippen molar-refractivity contribution in [3.05, 3.63) is 97.4 Å². The summed E-state index contributed by atoms with van der Waals surface area (Å²) in [7, 11) is 3.16. The van der Waals surface area contributed by atoms with E-state index < -0.39 is 12.0 Å². The van der Waals surface area contributed by atoms with E-state index in [4.69, 9.17) is 56.0 Å². The van der Waals surface area contributed by atoms with Gasteiger partial charge >= 0.3 is 12.0 Å². The molecule has 2 unspecified atom stereocenters. The van der Waals surface area contributed by atoms with E-state index in [0.29, 0.717) is 63.8 Å². The topological polar surface area (TPSA) is 115 Å². The molecule has 15 heteroatoms. The van der Waals surface area contributed by atoms with Crippen LogP contribution >= 0.6 is 46.4 Å². The van der Waals surface area contributed by atoms with Gasteiger partial charge < -0.3 is 34.3 Å². The fourth-order valence-electron chi connectivity index (χ4n) is 7.36. The molecule has 0 saturated carbocycles. The average Bonchev–Trinajstić information content (AvgIpc) is 3.16. The smallest absolute Gasteiger partial charge is 0.329 e. The van der Waals surface area contributed by atoms with E-state index in [1.165, 1.54) is 7.11 Å². The van der Waals surface area contributed by atoms with Crippen LogP contribution < -0.4 is 0 Å². The lowest BCUT2D eigenvalue weighted by Gasteiger charge is -2.45. The summed E-state index contributed by atoms with van der Waals surface area (Å²) < 4.78 is 5.41. The number of hydrogen-bond donors (Lipinski definition) is 1. The predicted molar refractivity (Wildman–Crippen MR) is 217 cm³/mol. The van der Waals surface area contributed by atoms with Gasteiger partial charge in [0.15, 0.2) is 0 Å². The second-order valence-corrected chi connectivity index (χ2v) is 15.5. The van der Waals surface area contributed by atoms with Gasteiger partial charge in [0.05, 0.1) is 28.9 Å². The number of halogens is 4. The SMILES string of the molecule is CCOC(=O)C(Cc1ccc(O)cc1)N1CCCN(C2CCN(CCC(/C(CN(C)C(=O)c3cc(Cl)cc(Cl)c3)=N/OC)c3ccc(Cl)c(Cl)c3)CC2)C1=O. The number of urea groups is 1. The van der Waals surface area contributed by atoms with Gasteiger partial charge in [-0.1, -0.05) is 69.8 Å². The van der Waals surface area contributed by atoms with Gasteiger partial charge in [-0.2, -0.15) is 0 Å². The van der Waals surface area contributed by atoms with Crippen molar-refractivity contribution in [1.82, 2.24) is 19.6 Å². The molecule has 2 aliphatic heterocycles. The Balaban J connectivity index is 1.26. The third-order valence-electron chi connectivity index (χ3n) is 10.1. The molecule has 0 bridgehead atoms. The van der Waals surface area contributed by atoms with Crippen molar-refractivity contribution >= 4 is 70.0 Å². The standard InChI is InChI=1S/C40H47Cl4N5O6/c1-4-55-39(52)37(20-26-6-9-32(50)10-7-26)49-16-5-15-48(40(49)53)31-12-17-47(18-13-31)19-14-33(27-8-11-34(43)35(44)23-27)36(45-54-3)25-46(2)38(51)28-21-29(41)24-30(42)22-28/h6-11,21-24,31,33,37,50H,4-5,12-20,25H2,1-3H3/b45-36+. The van der Waals surface area contributed by atoms with E-state index in [-0.39, 0.29) is 42.8 Å². The van der Waals surface area contributed by atoms with E-state index in [0.717, 1.165) is 43.5 Å². The molecule has 1 N–H and O–H groups in total. The first kappa shape index (κ1) is 42.4. The summed E-state index contributed by atoms with van der Waals surface area (Å²) in [6.45, 7) is 5.46. The molecule has 2 heterocycles. The number of nitrogens with zero attached hydrogens (tertiary/aromatic N) is 5. The fourth-order valence-corrected chi connectivity index (χ4v) is 8.20. The van der Waals surface area contributed by atoms with Crippen molar-refractivity contribution in [3.8, 4) is 5.75 Å². The van der Waals surface area contributed by atoms with E-state index in [2.05, 4.69) is 10.1 Å². The minimum atomic E-state index is -0.765. The largest absolute Gasteiger partial charge is 0.508 e. The number of rotatable bonds is 15. The average molecular weight is 836 g/mol. The van der Waals surface area contributed by atoms with Gasteiger partial charge in [-0.05, 0) is 92.7 Å². The molecule has 296 valence electrons. The predicted octanol–water partition coefficient (Wildman–Crippen LogP) is 8.02. The van der Waals surface area contributed by atoms with Crippen molar-refractivity contribution in [2.24, 2.45) is 5.16 Å². The van der Waals surface area contributed by atoms with E-state index in [1.54, 1.807) is 72.3 Å². The minimum Gasteiger partial charge on any atom is -0.508 e. The van der Waals surface area contributed by atoms with E-state index in [9.17, 15) is 19.5 Å². The Morgan fingerprint density at radius 3 is 2.27 bits per heavy atom. The summed E-state index contributed by atoms with van der Waals surface area (Å²) in [5.74, 6) is -0.839. The van der Waals surface area contributed by atoms with Crippen LogP contribution in [-0.2, 0) is 20.8 Å². The van der Waals surface area contributed by atoms with Gasteiger partial charge in [0, 0.05) is 67.2 Å². The Kier molecular flexibility index (Phi) is 15.4. The Labute approximate surface area is 342 Å². The van der Waals surface area contributed by atoms with Gasteiger partial charge in [0.1, 0.15) is 18.9 Å². The number of amides is 3. The Morgan fingerprint density at radius 2 is 1.64 bits per heavy atom. The van der Waals surface area contributed by atoms with Crippen LogP contribution in [0.2, 0.25) is 20.1 Å². The number of phenols is 1. The van der Waals surface area contributed by atoms with Crippen molar-refractivity contribution in [2.75, 3.05) is 60.0 Å². The van der Waals surface area contributed by atoms with Crippen molar-refractivity contribution in [2.45, 2.75) is 57.0 Å². The van der Waals surface area contributed by atoms with Crippen LogP contribution in [0.3, 0.4) is 0 Å². The number of esters is 1. The molecule has 2 fully saturated rings. The van der Waals surface area contributed by atoms with Gasteiger partial charge in [0.25, 0.3) is 5.91 Å². The number of benzene rings is 3. The molecular formula is C40H47Cl4N5O6. The third-order valence-corrected chi connectivity index (χ3v) is 11.3. The highest BCUT2D eigenvalue weighted by molar-refractivity contribution is 6.42. The molecule has 0 aromatic heterocycles. The van der Waals surface area contributed by atoms with E-state index >= 15 is 0 Å². The lowest BCUT2D eigenvalue weighted by atomic mass is 9.89. The highest BCUT2D eigenvalue weighted by atomic mass is 35.5. The summed E-state index contributed by atoms with van der Waals surface area (Å²) in [5, 5.41) is 15.7. The lowest BCUT2D eigenvalue weighted by molar-refractivity contribution is -0.149. The number of phenolic OH excluding ortho intramolecular Hbond substituents is 1. The van der Waals surface area contributed by atoms with Gasteiger partial charge in [-0.3, -0.25) is 4.79 Å². The first-order valence-electron chi connectivity index (χ1n) is 18.4. The maximum absolute atomic E-state index is 14.0. The number of oxime groups is 1. The fraction of sp³-hybridized carbons (Fsp3) is 0.450. The summed E-state index contributed by atoms with van der Waals surface area (Å²) in [4.78, 5) is 53.5. The zero-order chi connectivity index (χ0) is 39.6. The van der Waals surface area contributed by atoms with E-state index in [1.807, 2.05) is 17.0 Å². The zero-order valence-corrected chi connectivity index (χ0v) is 34.3. The van der Waals surface area contributed by atoms with Crippen molar-refractivity contribution in [3.63, 3.8) is 0 Å². The third kappa shape index (κ3) is 11.2. The number of likely N-dealkylation sites (tertiary alicyclic amines) is 1. The first-order chi connectivity index (χ1) is 26.4. The highest BCUT2D eigenvalue weighted by Crippen LogP contribution is 2.31. The second kappa shape index (κ2) is 19.9. The summed E-state index contributed by atoms with van der Waals surface area (Å²) >= 11 is 25.2. The van der Waals surface area contributed by atoms with Crippen LogP contribution in [0.5, 0.6) is 5.75 Å². The molecule has 3 aromatic carbocycles. The molecule has 3 aromatic rings. The molecule has 5 rings (SSSR count). The molecule has 2 aliphatic rings. The van der Waals surface area contributed by atoms with Crippen LogP contribution in [0.4, 0.5) is 4.79 Å². The lowest BCUT2D eigenvalue weighted by Crippen LogP contribution is -2.60. The summed E-state index contributed by atoms with van der Waals surface area (Å²) in [5.41, 5.74) is 2.70. The maximum atomic E-state index is 14.0. The number of aromatic hydroxyl groups is 1. The number of hydrogen-bond acceptors (Lipinski definition) is 8. The van der Waals surface area contributed by atoms with Gasteiger partial charge in [-0.25, -0.2) is 9.59 Å². The zero-order valence-electron chi connectivity index (χ0n) is 31.2. The molecule has 0 aliphatic carbocycles. The summed E-state index contributed by atoms with van der Waals surface area (Å²) in [6.07, 6.45) is 3.23. The first-order valence-corrected chi connectivity index (χ1v) is 19.9. The molecule has 0 spiro atoms. The Morgan fingerprint density at radius 1 is 0.945 bits per heavy atom. The second-order valence-electron chi connectivity index (χ2n) is 13.8. The normalized spacial score (nSPS) is 16.9. The van der Waals surface area contributed by atoms with Crippen LogP contribution in [0.25, 0.3) is 0 Å². The monoisotopic (exact) mass is 833 g/mol. The van der Waals surface area contributed by atoms with Gasteiger partial charge in [0.2, 0.25) is 0 Å². The molecule has 55 heavy (non-hydrogen) atoms. The maximum Gasteiger partial charge on any atom is 0.329 e. The van der Waals surface area contributed by atoms with Crippen LogP contribution in [0, 0.1) is 0 Å². The van der Waals surface area contributed by atoms with Crippen LogP contribution in [-0.4, -0.2) is 120 Å². The van der Waals surface area contributed by atoms with Crippen LogP contribution in [0.15, 0.2) is 65.8 Å². The molecule has 11 nitrogen and oxygen atoms in total. The van der Waals surface area contributed by atoms with Crippen molar-refractivity contribution < 1.29 is 29.1 Å². The number of piperidine rings is 1. The number of ether oxygens (including phenoxy) is 1. The Hall–Kier alpha value is -3.74. The Bertz CT molecular complexity index is 1820. The summed E-state index contributed by atoms with van der Waals surface area (Å²) in [6, 6.07) is 16.0. The highest BCUT2D eigenvalue weighted by Gasteiger charge is 2.39. The van der Waals surface area contributed by atoms with Gasteiger partial charge in [-0.15, -0.1) is 0 Å².